The summed E-state index contributed by atoms with van der Waals surface area (Å²) in [5.74, 6) is 0. The highest BCUT2D eigenvalue weighted by molar-refractivity contribution is 6.12. The van der Waals surface area contributed by atoms with Gasteiger partial charge in [0.1, 0.15) is 0 Å². The molecule has 1 heterocycles. The van der Waals surface area contributed by atoms with Crippen LogP contribution >= 0.6 is 0 Å². The summed E-state index contributed by atoms with van der Waals surface area (Å²) in [6.07, 6.45) is -19.2. The van der Waals surface area contributed by atoms with Crippen molar-refractivity contribution in [2.45, 2.75) is 24.7 Å². The second kappa shape index (κ2) is 15.0. The molecule has 61 heavy (non-hydrogen) atoms. The van der Waals surface area contributed by atoms with Crippen LogP contribution in [-0.2, 0) is 24.7 Å². The van der Waals surface area contributed by atoms with Gasteiger partial charge in [0.05, 0.1) is 33.3 Å². The highest BCUT2D eigenvalue weighted by Crippen LogP contribution is 2.46. The Labute approximate surface area is 338 Å². The molecular formula is C46H27F12N3. The van der Waals surface area contributed by atoms with Gasteiger partial charge in [-0.05, 0) is 121 Å². The van der Waals surface area contributed by atoms with E-state index in [4.69, 9.17) is 0 Å². The molecule has 8 rings (SSSR count). The molecule has 310 valence electrons. The molecule has 0 atom stereocenters. The van der Waals surface area contributed by atoms with Crippen molar-refractivity contribution in [2.75, 3.05) is 9.80 Å². The van der Waals surface area contributed by atoms with Gasteiger partial charge in [-0.1, -0.05) is 42.5 Å². The van der Waals surface area contributed by atoms with E-state index in [1.54, 1.807) is 54.6 Å². The number of hydrogen-bond donors (Lipinski definition) is 0. The van der Waals surface area contributed by atoms with Gasteiger partial charge in [-0.2, -0.15) is 52.7 Å². The van der Waals surface area contributed by atoms with Crippen molar-refractivity contribution in [2.24, 2.45) is 0 Å². The van der Waals surface area contributed by atoms with E-state index in [1.165, 1.54) is 46.2 Å². The number of fused-ring (bicyclic) bond motifs is 3. The van der Waals surface area contributed by atoms with E-state index in [9.17, 15) is 52.7 Å². The van der Waals surface area contributed by atoms with E-state index in [-0.39, 0.29) is 34.1 Å². The van der Waals surface area contributed by atoms with Gasteiger partial charge >= 0.3 is 24.7 Å². The summed E-state index contributed by atoms with van der Waals surface area (Å²) in [5.41, 5.74) is -2.79. The summed E-state index contributed by atoms with van der Waals surface area (Å²) in [6.45, 7) is 0. The van der Waals surface area contributed by atoms with Gasteiger partial charge in [0, 0.05) is 50.6 Å². The lowest BCUT2D eigenvalue weighted by atomic mass is 10.1. The highest BCUT2D eigenvalue weighted by atomic mass is 19.4. The van der Waals surface area contributed by atoms with Gasteiger partial charge in [0.25, 0.3) is 0 Å². The fourth-order valence-electron chi connectivity index (χ4n) is 7.31. The predicted octanol–water partition coefficient (Wildman–Crippen LogP) is 15.8. The lowest BCUT2D eigenvalue weighted by Crippen LogP contribution is -2.14. The van der Waals surface area contributed by atoms with Crippen molar-refractivity contribution < 1.29 is 52.7 Å². The Morgan fingerprint density at radius 1 is 0.295 bits per heavy atom. The van der Waals surface area contributed by atoms with Crippen LogP contribution in [0.5, 0.6) is 0 Å². The van der Waals surface area contributed by atoms with Crippen LogP contribution in [0, 0.1) is 0 Å². The van der Waals surface area contributed by atoms with Gasteiger partial charge in [-0.15, -0.1) is 0 Å². The summed E-state index contributed by atoms with van der Waals surface area (Å²) in [4.78, 5) is 2.47. The molecule has 0 saturated carbocycles. The molecule has 15 heteroatoms. The maximum absolute atomic E-state index is 14.0. The van der Waals surface area contributed by atoms with Gasteiger partial charge in [-0.25, -0.2) is 0 Å². The van der Waals surface area contributed by atoms with Crippen molar-refractivity contribution in [1.29, 1.82) is 0 Å². The molecule has 0 N–H and O–H groups in total. The van der Waals surface area contributed by atoms with Gasteiger partial charge in [-0.3, -0.25) is 0 Å². The van der Waals surface area contributed by atoms with Crippen LogP contribution in [0.2, 0.25) is 0 Å². The second-order valence-corrected chi connectivity index (χ2v) is 13.9. The Hall–Kier alpha value is -6.90. The van der Waals surface area contributed by atoms with Crippen LogP contribution in [-0.4, -0.2) is 4.57 Å². The maximum Gasteiger partial charge on any atom is 0.416 e. The first kappa shape index (κ1) is 40.9. The van der Waals surface area contributed by atoms with E-state index >= 15 is 0 Å². The van der Waals surface area contributed by atoms with Crippen molar-refractivity contribution in [3.05, 3.63) is 186 Å². The topological polar surface area (TPSA) is 11.4 Å². The largest absolute Gasteiger partial charge is 0.416 e. The molecule has 0 aliphatic carbocycles. The Morgan fingerprint density at radius 3 is 0.885 bits per heavy atom. The zero-order chi connectivity index (χ0) is 43.5. The SMILES string of the molecule is FC(F)(F)c1cccc(N(c2cccc(C(F)(F)F)c2)c2ccc3c(c2)c2cc(N(c4cccc(C(F)(F)F)c4)c4cccc(C(F)(F)F)c4)ccc2n3-c2ccccc2)c1. The van der Waals surface area contributed by atoms with Crippen LogP contribution in [0.3, 0.4) is 0 Å². The number of hydrogen-bond acceptors (Lipinski definition) is 2. The average Bonchev–Trinajstić information content (AvgIpc) is 3.54. The molecule has 0 unspecified atom stereocenters. The monoisotopic (exact) mass is 849 g/mol. The molecule has 0 radical (unpaired) electrons. The number of rotatable bonds is 7. The minimum absolute atomic E-state index is 0.124. The summed E-state index contributed by atoms with van der Waals surface area (Å²) in [7, 11) is 0. The number of alkyl halides is 12. The van der Waals surface area contributed by atoms with Crippen LogP contribution < -0.4 is 9.80 Å². The van der Waals surface area contributed by atoms with Crippen LogP contribution in [0.25, 0.3) is 27.5 Å². The van der Waals surface area contributed by atoms with E-state index in [1.807, 2.05) is 4.57 Å². The van der Waals surface area contributed by atoms with Crippen molar-refractivity contribution in [3.63, 3.8) is 0 Å². The van der Waals surface area contributed by atoms with Crippen LogP contribution in [0.4, 0.5) is 86.8 Å². The molecule has 0 fully saturated rings. The third-order valence-corrected chi connectivity index (χ3v) is 9.99. The first-order chi connectivity index (χ1) is 28.8. The first-order valence-corrected chi connectivity index (χ1v) is 18.2. The fraction of sp³-hybridized carbons (Fsp3) is 0.0870. The average molecular weight is 850 g/mol. The summed E-state index contributed by atoms with van der Waals surface area (Å²) in [5, 5.41) is 0.797. The third kappa shape index (κ3) is 8.07. The number of halogens is 12. The van der Waals surface area contributed by atoms with Crippen LogP contribution in [0.1, 0.15) is 22.3 Å². The fourth-order valence-corrected chi connectivity index (χ4v) is 7.31. The quantitative estimate of drug-likeness (QED) is 0.148. The molecule has 1 aromatic heterocycles. The Kier molecular flexibility index (Phi) is 10.0. The molecule has 0 spiro atoms. The number of nitrogens with zero attached hydrogens (tertiary/aromatic N) is 3. The molecule has 8 aromatic rings. The molecule has 0 bridgehead atoms. The lowest BCUT2D eigenvalue weighted by molar-refractivity contribution is -0.138. The summed E-state index contributed by atoms with van der Waals surface area (Å²) < 4.78 is 170. The smallest absolute Gasteiger partial charge is 0.310 e. The van der Waals surface area contributed by atoms with Gasteiger partial charge in [0.15, 0.2) is 0 Å². The highest BCUT2D eigenvalue weighted by Gasteiger charge is 2.35. The van der Waals surface area contributed by atoms with Gasteiger partial charge < -0.3 is 14.4 Å². The predicted molar refractivity (Wildman–Crippen MR) is 210 cm³/mol. The summed E-state index contributed by atoms with van der Waals surface area (Å²) in [6, 6.07) is 34.6. The molecular weight excluding hydrogens is 823 g/mol. The van der Waals surface area contributed by atoms with E-state index in [0.717, 1.165) is 72.8 Å². The molecule has 0 aliphatic heterocycles. The molecule has 0 saturated heterocycles. The Bertz CT molecular complexity index is 2600. The minimum Gasteiger partial charge on any atom is -0.310 e. The normalized spacial score (nSPS) is 12.6. The molecule has 0 amide bonds. The number of para-hydroxylation sites is 1. The third-order valence-electron chi connectivity index (χ3n) is 9.99. The minimum atomic E-state index is -4.80. The maximum atomic E-state index is 14.0. The summed E-state index contributed by atoms with van der Waals surface area (Å²) >= 11 is 0. The second-order valence-electron chi connectivity index (χ2n) is 13.9. The number of aromatic nitrogens is 1. The first-order valence-electron chi connectivity index (χ1n) is 18.2. The van der Waals surface area contributed by atoms with E-state index in [2.05, 4.69) is 0 Å². The zero-order valence-corrected chi connectivity index (χ0v) is 31.0. The Morgan fingerprint density at radius 2 is 0.590 bits per heavy atom. The van der Waals surface area contributed by atoms with Crippen molar-refractivity contribution in [3.8, 4) is 5.69 Å². The zero-order valence-electron chi connectivity index (χ0n) is 31.0. The number of anilines is 6. The van der Waals surface area contributed by atoms with Crippen molar-refractivity contribution in [1.82, 2.24) is 4.57 Å². The van der Waals surface area contributed by atoms with E-state index in [0.29, 0.717) is 27.5 Å². The van der Waals surface area contributed by atoms with Gasteiger partial charge in [0.2, 0.25) is 0 Å². The molecule has 3 nitrogen and oxygen atoms in total. The van der Waals surface area contributed by atoms with Crippen molar-refractivity contribution >= 4 is 55.9 Å². The Balaban J connectivity index is 1.41. The van der Waals surface area contributed by atoms with Crippen LogP contribution in [0.15, 0.2) is 164 Å². The van der Waals surface area contributed by atoms with E-state index < -0.39 is 47.0 Å². The molecule has 7 aromatic carbocycles. The lowest BCUT2D eigenvalue weighted by Gasteiger charge is -2.27. The standard InChI is InChI=1S/C46H27F12N3/c47-43(48,49)28-8-4-14-33(22-28)59(34-15-5-9-29(23-34)44(50,51)52)37-18-20-41-39(26-37)40-27-38(19-21-42(40)61(41)32-12-2-1-3-13-32)60(35-16-6-10-30(24-35)45(53,54)55)36-17-7-11-31(25-36)46(56,57)58/h1-27H. The molecule has 0 aliphatic rings. The number of benzene rings is 7.